The highest BCUT2D eigenvalue weighted by Crippen LogP contribution is 1.86. The number of hydrogen-bond donors (Lipinski definition) is 3. The molecule has 0 aliphatic heterocycles. The number of carboxylic acids is 1. The van der Waals surface area contributed by atoms with Crippen molar-refractivity contribution in [3.8, 4) is 0 Å². The van der Waals surface area contributed by atoms with Crippen LogP contribution >= 0.6 is 0 Å². The van der Waals surface area contributed by atoms with Crippen LogP contribution in [0.4, 0.5) is 0 Å². The Morgan fingerprint density at radius 1 is 1.27 bits per heavy atom. The molecule has 0 aromatic carbocycles. The van der Waals surface area contributed by atoms with E-state index >= 15 is 0 Å². The van der Waals surface area contributed by atoms with E-state index in [2.05, 4.69) is 5.73 Å². The zero-order valence-electron chi connectivity index (χ0n) is 5.52. The van der Waals surface area contributed by atoms with Gasteiger partial charge in [0.1, 0.15) is 0 Å². The quantitative estimate of drug-likeness (QED) is 0.293. The Labute approximate surface area is 62.4 Å². The van der Waals surface area contributed by atoms with E-state index in [-0.39, 0.29) is 0 Å². The van der Waals surface area contributed by atoms with Gasteiger partial charge in [0.2, 0.25) is 0 Å². The summed E-state index contributed by atoms with van der Waals surface area (Å²) < 4.78 is 0. The molecular formula is C6H7NO4. The molecule has 0 unspecified atom stereocenters. The molecule has 1 amide bonds. The third-order valence-electron chi connectivity index (χ3n) is 0.745. The molecule has 0 aromatic heterocycles. The molecule has 0 bridgehead atoms. The van der Waals surface area contributed by atoms with Gasteiger partial charge in [-0.3, -0.25) is 4.79 Å². The number of primary amides is 1. The lowest BCUT2D eigenvalue weighted by molar-refractivity contribution is -0.131. The minimum atomic E-state index is -1.17. The van der Waals surface area contributed by atoms with Crippen LogP contribution in [0.15, 0.2) is 24.0 Å². The van der Waals surface area contributed by atoms with E-state index in [9.17, 15) is 9.59 Å². The minimum Gasteiger partial charge on any atom is -0.503 e. The molecule has 0 rings (SSSR count). The van der Waals surface area contributed by atoms with Crippen LogP contribution in [0.3, 0.4) is 0 Å². The molecule has 0 fully saturated rings. The van der Waals surface area contributed by atoms with Gasteiger partial charge in [-0.1, -0.05) is 6.08 Å². The van der Waals surface area contributed by atoms with Gasteiger partial charge in [-0.15, -0.1) is 0 Å². The van der Waals surface area contributed by atoms with E-state index < -0.39 is 17.6 Å². The summed E-state index contributed by atoms with van der Waals surface area (Å²) in [6, 6.07) is 0. The summed E-state index contributed by atoms with van der Waals surface area (Å²) in [6.45, 7) is 0. The monoisotopic (exact) mass is 157 g/mol. The highest BCUT2D eigenvalue weighted by Gasteiger charge is 1.96. The normalized spacial score (nSPS) is 11.8. The number of amides is 1. The summed E-state index contributed by atoms with van der Waals surface area (Å²) in [4.78, 5) is 19.9. The van der Waals surface area contributed by atoms with Crippen molar-refractivity contribution in [1.82, 2.24) is 0 Å². The molecule has 0 aromatic rings. The summed E-state index contributed by atoms with van der Waals surface area (Å²) in [5.74, 6) is -2.85. The van der Waals surface area contributed by atoms with Gasteiger partial charge in [-0.25, -0.2) is 4.79 Å². The maximum absolute atomic E-state index is 10.1. The number of aliphatic hydroxyl groups excluding tert-OH is 1. The highest BCUT2D eigenvalue weighted by atomic mass is 16.4. The average Bonchev–Trinajstić information content (AvgIpc) is 1.86. The summed E-state index contributed by atoms with van der Waals surface area (Å²) in [7, 11) is 0. The van der Waals surface area contributed by atoms with Gasteiger partial charge in [0, 0.05) is 6.08 Å². The van der Waals surface area contributed by atoms with Gasteiger partial charge in [-0.2, -0.15) is 0 Å². The van der Waals surface area contributed by atoms with Gasteiger partial charge in [0.15, 0.2) is 5.76 Å². The highest BCUT2D eigenvalue weighted by molar-refractivity contribution is 5.90. The predicted octanol–water partition coefficient (Wildman–Crippen LogP) is -0.446. The fourth-order valence-electron chi connectivity index (χ4n) is 0.304. The Bertz CT molecular complexity index is 229. The number of rotatable bonds is 3. The number of carbonyl (C=O) groups excluding carboxylic acids is 1. The Morgan fingerprint density at radius 2 is 1.82 bits per heavy atom. The smallest absolute Gasteiger partial charge is 0.328 e. The van der Waals surface area contributed by atoms with Crippen LogP contribution < -0.4 is 5.73 Å². The molecule has 0 saturated heterocycles. The molecule has 0 aliphatic rings. The van der Waals surface area contributed by atoms with Crippen molar-refractivity contribution in [2.75, 3.05) is 0 Å². The zero-order valence-corrected chi connectivity index (χ0v) is 5.52. The molecule has 0 radical (unpaired) electrons. The largest absolute Gasteiger partial charge is 0.503 e. The summed E-state index contributed by atoms with van der Waals surface area (Å²) in [5.41, 5.74) is 4.61. The first-order valence-corrected chi connectivity index (χ1v) is 2.64. The van der Waals surface area contributed by atoms with E-state index in [4.69, 9.17) is 10.2 Å². The van der Waals surface area contributed by atoms with Crippen LogP contribution in [-0.2, 0) is 9.59 Å². The van der Waals surface area contributed by atoms with Crippen LogP contribution in [-0.4, -0.2) is 22.1 Å². The first kappa shape index (κ1) is 9.22. The van der Waals surface area contributed by atoms with Crippen molar-refractivity contribution >= 4 is 11.9 Å². The van der Waals surface area contributed by atoms with E-state index in [1.54, 1.807) is 0 Å². The van der Waals surface area contributed by atoms with Gasteiger partial charge >= 0.3 is 5.97 Å². The van der Waals surface area contributed by atoms with Gasteiger partial charge in [0.25, 0.3) is 5.91 Å². The van der Waals surface area contributed by atoms with Crippen LogP contribution in [0.5, 0.6) is 0 Å². The van der Waals surface area contributed by atoms with Crippen molar-refractivity contribution in [2.45, 2.75) is 0 Å². The Kier molecular flexibility index (Phi) is 3.44. The lowest BCUT2D eigenvalue weighted by Gasteiger charge is -1.86. The predicted molar refractivity (Wildman–Crippen MR) is 36.7 cm³/mol. The summed E-state index contributed by atoms with van der Waals surface area (Å²) in [6.07, 6.45) is 2.66. The molecule has 0 aliphatic carbocycles. The number of nitrogens with two attached hydrogens (primary N) is 1. The van der Waals surface area contributed by atoms with Crippen molar-refractivity contribution in [3.63, 3.8) is 0 Å². The Hall–Kier alpha value is -1.78. The van der Waals surface area contributed by atoms with E-state index in [1.165, 1.54) is 0 Å². The van der Waals surface area contributed by atoms with Gasteiger partial charge in [-0.05, 0) is 6.08 Å². The fraction of sp³-hybridized carbons (Fsp3) is 0. The number of carboxylic acid groups (broad SMARTS) is 1. The molecule has 60 valence electrons. The number of aliphatic hydroxyl groups is 1. The standard InChI is InChI=1S/C6H7NO4/c7-6(11)4(8)2-1-3-5(9)10/h1-3,8H,(H2,7,11)(H,9,10)/b3-1+,4-2-. The van der Waals surface area contributed by atoms with E-state index in [0.717, 1.165) is 18.2 Å². The number of allylic oxidation sites excluding steroid dienone is 2. The van der Waals surface area contributed by atoms with Gasteiger partial charge < -0.3 is 15.9 Å². The van der Waals surface area contributed by atoms with Crippen LogP contribution in [0.2, 0.25) is 0 Å². The maximum Gasteiger partial charge on any atom is 0.328 e. The average molecular weight is 157 g/mol. The van der Waals surface area contributed by atoms with Crippen molar-refractivity contribution in [1.29, 1.82) is 0 Å². The van der Waals surface area contributed by atoms with E-state index in [1.807, 2.05) is 0 Å². The first-order valence-electron chi connectivity index (χ1n) is 2.64. The topological polar surface area (TPSA) is 101 Å². The third-order valence-corrected chi connectivity index (χ3v) is 0.745. The third kappa shape index (κ3) is 4.71. The second-order valence-corrected chi connectivity index (χ2v) is 1.61. The van der Waals surface area contributed by atoms with Crippen molar-refractivity contribution < 1.29 is 19.8 Å². The molecule has 0 spiro atoms. The first-order chi connectivity index (χ1) is 5.04. The lowest BCUT2D eigenvalue weighted by atomic mass is 10.4. The molecule has 5 nitrogen and oxygen atoms in total. The Morgan fingerprint density at radius 3 is 2.18 bits per heavy atom. The number of carbonyl (C=O) groups is 2. The molecule has 11 heavy (non-hydrogen) atoms. The van der Waals surface area contributed by atoms with Crippen molar-refractivity contribution in [3.05, 3.63) is 24.0 Å². The van der Waals surface area contributed by atoms with Crippen LogP contribution in [0.1, 0.15) is 0 Å². The minimum absolute atomic E-state index is 0.678. The maximum atomic E-state index is 10.1. The lowest BCUT2D eigenvalue weighted by Crippen LogP contribution is -2.12. The van der Waals surface area contributed by atoms with Crippen molar-refractivity contribution in [2.24, 2.45) is 5.73 Å². The summed E-state index contributed by atoms with van der Waals surface area (Å²) in [5, 5.41) is 16.6. The molecule has 0 saturated carbocycles. The molecule has 4 N–H and O–H groups in total. The fourth-order valence-corrected chi connectivity index (χ4v) is 0.304. The second kappa shape index (κ2) is 4.10. The SMILES string of the molecule is NC(=O)/C(O)=C/C=C/C(=O)O. The summed E-state index contributed by atoms with van der Waals surface area (Å²) >= 11 is 0. The Balaban J connectivity index is 4.13. The second-order valence-electron chi connectivity index (χ2n) is 1.61. The zero-order chi connectivity index (χ0) is 8.85. The molecular weight excluding hydrogens is 150 g/mol. The molecule has 5 heteroatoms. The number of hydrogen-bond acceptors (Lipinski definition) is 3. The van der Waals surface area contributed by atoms with Gasteiger partial charge in [0.05, 0.1) is 0 Å². The van der Waals surface area contributed by atoms with Crippen LogP contribution in [0, 0.1) is 0 Å². The molecule has 0 atom stereocenters. The number of aliphatic carboxylic acids is 1. The van der Waals surface area contributed by atoms with E-state index in [0.29, 0.717) is 0 Å². The van der Waals surface area contributed by atoms with Crippen LogP contribution in [0.25, 0.3) is 0 Å². The molecule has 0 heterocycles.